The third-order valence-corrected chi connectivity index (χ3v) is 7.64. The quantitative estimate of drug-likeness (QED) is 0.250. The lowest BCUT2D eigenvalue weighted by Crippen LogP contribution is -2.42. The average Bonchev–Trinajstić information content (AvgIpc) is 3.57. The zero-order chi connectivity index (χ0) is 29.3. The lowest BCUT2D eigenvalue weighted by atomic mass is 9.85. The number of aromatic nitrogens is 2. The molecule has 214 valence electrons. The monoisotopic (exact) mass is 590 g/mol. The van der Waals surface area contributed by atoms with Gasteiger partial charge >= 0.3 is 6.18 Å². The van der Waals surface area contributed by atoms with Crippen LogP contribution in [0.5, 0.6) is 0 Å². The van der Waals surface area contributed by atoms with E-state index in [0.717, 1.165) is 22.5 Å². The summed E-state index contributed by atoms with van der Waals surface area (Å²) in [6.07, 6.45) is -1.89. The molecule has 2 aliphatic rings. The van der Waals surface area contributed by atoms with Crippen LogP contribution in [-0.4, -0.2) is 32.6 Å². The molecule has 2 aliphatic heterocycles. The summed E-state index contributed by atoms with van der Waals surface area (Å²) in [5, 5.41) is 15.9. The van der Waals surface area contributed by atoms with Gasteiger partial charge in [-0.25, -0.2) is 0 Å². The molecule has 6 rings (SSSR count). The number of nitrogens with one attached hydrogen (secondary N) is 2. The summed E-state index contributed by atoms with van der Waals surface area (Å²) in [6.45, 7) is 1.64. The Hall–Kier alpha value is -4.28. The number of pyridine rings is 2. The number of halogens is 4. The summed E-state index contributed by atoms with van der Waals surface area (Å²) in [5.41, 5.74) is 1.70. The summed E-state index contributed by atoms with van der Waals surface area (Å²) in [7, 11) is 0. The van der Waals surface area contributed by atoms with Gasteiger partial charge < -0.3 is 15.1 Å². The van der Waals surface area contributed by atoms with Crippen molar-refractivity contribution in [1.29, 1.82) is 5.41 Å². The van der Waals surface area contributed by atoms with Crippen LogP contribution in [0.4, 0.5) is 13.2 Å². The minimum Gasteiger partial charge on any atom is -0.374 e. The van der Waals surface area contributed by atoms with Crippen molar-refractivity contribution in [2.45, 2.75) is 44.4 Å². The number of amidine groups is 1. The molecule has 4 aromatic rings. The second-order valence-corrected chi connectivity index (χ2v) is 10.7. The second-order valence-electron chi connectivity index (χ2n) is 10.3. The highest BCUT2D eigenvalue weighted by molar-refractivity contribution is 6.30. The molecule has 0 spiro atoms. The third-order valence-electron chi connectivity index (χ3n) is 7.42. The molecule has 7 nitrogen and oxygen atoms in total. The molecular formula is C31H26ClF3N6O. The first kappa shape index (κ1) is 27.9. The number of rotatable bonds is 8. The molecule has 0 saturated carbocycles. The predicted molar refractivity (Wildman–Crippen MR) is 153 cm³/mol. The van der Waals surface area contributed by atoms with Crippen LogP contribution < -0.4 is 5.32 Å². The molecule has 0 amide bonds. The van der Waals surface area contributed by atoms with E-state index in [-0.39, 0.29) is 22.8 Å². The van der Waals surface area contributed by atoms with Crippen molar-refractivity contribution in [3.63, 3.8) is 0 Å². The molecule has 1 unspecified atom stereocenters. The van der Waals surface area contributed by atoms with E-state index in [9.17, 15) is 13.2 Å². The Labute approximate surface area is 245 Å². The van der Waals surface area contributed by atoms with E-state index in [0.29, 0.717) is 36.6 Å². The van der Waals surface area contributed by atoms with Crippen molar-refractivity contribution in [3.05, 3.63) is 129 Å². The average molecular weight is 591 g/mol. The van der Waals surface area contributed by atoms with Crippen LogP contribution in [0.25, 0.3) is 0 Å². The molecule has 1 atom stereocenters. The van der Waals surface area contributed by atoms with Gasteiger partial charge in [0.05, 0.1) is 23.6 Å². The van der Waals surface area contributed by atoms with E-state index in [1.165, 1.54) is 12.1 Å². The number of hydrogen-bond acceptors (Lipinski definition) is 6. The van der Waals surface area contributed by atoms with Gasteiger partial charge in [-0.2, -0.15) is 13.2 Å². The van der Waals surface area contributed by atoms with E-state index in [1.807, 2.05) is 41.3 Å². The standard InChI is InChI=1S/C31H26ClF3N6O/c32-24-12-20(16-37-17-25-5-1-3-9-38-25)11-23(14-24)30(31(33,34)35)15-28(40-42-30)21-7-8-27-22(13-21)18-41(29(27)36)19-26-6-2-4-10-39-26/h1-14,36-37H,15-19H2. The molecule has 2 aromatic heterocycles. The van der Waals surface area contributed by atoms with Crippen molar-refractivity contribution >= 4 is 23.1 Å². The lowest BCUT2D eigenvalue weighted by Gasteiger charge is -2.30. The van der Waals surface area contributed by atoms with Crippen LogP contribution in [0.3, 0.4) is 0 Å². The maximum absolute atomic E-state index is 14.8. The first-order chi connectivity index (χ1) is 20.2. The Morgan fingerprint density at radius 1 is 0.952 bits per heavy atom. The fourth-order valence-electron chi connectivity index (χ4n) is 5.29. The Morgan fingerprint density at radius 2 is 1.71 bits per heavy atom. The summed E-state index contributed by atoms with van der Waals surface area (Å²) in [6, 6.07) is 20.8. The highest BCUT2D eigenvalue weighted by Gasteiger charge is 2.62. The van der Waals surface area contributed by atoms with Crippen molar-refractivity contribution in [2.24, 2.45) is 5.16 Å². The molecule has 2 N–H and O–H groups in total. The van der Waals surface area contributed by atoms with Crippen molar-refractivity contribution in [2.75, 3.05) is 0 Å². The molecule has 0 bridgehead atoms. The summed E-state index contributed by atoms with van der Waals surface area (Å²) in [5.74, 6) is 0.347. The molecule has 4 heterocycles. The molecule has 0 saturated heterocycles. The molecule has 42 heavy (non-hydrogen) atoms. The van der Waals surface area contributed by atoms with Crippen molar-refractivity contribution in [1.82, 2.24) is 20.2 Å². The minimum atomic E-state index is -4.76. The summed E-state index contributed by atoms with van der Waals surface area (Å²) >= 11 is 6.31. The number of alkyl halides is 3. The van der Waals surface area contributed by atoms with Gasteiger partial charge in [0, 0.05) is 54.6 Å². The van der Waals surface area contributed by atoms with Crippen molar-refractivity contribution < 1.29 is 18.0 Å². The number of hydrogen-bond donors (Lipinski definition) is 2. The van der Waals surface area contributed by atoms with E-state index < -0.39 is 18.2 Å². The van der Waals surface area contributed by atoms with Crippen LogP contribution in [0.15, 0.2) is 90.3 Å². The fourth-order valence-corrected chi connectivity index (χ4v) is 5.55. The first-order valence-corrected chi connectivity index (χ1v) is 13.7. The predicted octanol–water partition coefficient (Wildman–Crippen LogP) is 6.34. The van der Waals surface area contributed by atoms with Crippen LogP contribution in [0.1, 0.15) is 45.6 Å². The molecule has 2 aromatic carbocycles. The van der Waals surface area contributed by atoms with E-state index >= 15 is 0 Å². The molecule has 11 heteroatoms. The summed E-state index contributed by atoms with van der Waals surface area (Å²) < 4.78 is 44.3. The Kier molecular flexibility index (Phi) is 7.42. The lowest BCUT2D eigenvalue weighted by molar-refractivity contribution is -0.275. The summed E-state index contributed by atoms with van der Waals surface area (Å²) in [4.78, 5) is 15.8. The molecule has 0 radical (unpaired) electrons. The Morgan fingerprint density at radius 3 is 2.43 bits per heavy atom. The second kappa shape index (κ2) is 11.2. The van der Waals surface area contributed by atoms with Crippen LogP contribution in [-0.2, 0) is 36.6 Å². The Balaban J connectivity index is 1.21. The number of nitrogens with zero attached hydrogens (tertiary/aromatic N) is 4. The third kappa shape index (κ3) is 5.47. The fraction of sp³-hybridized carbons (Fsp3) is 0.226. The van der Waals surface area contributed by atoms with Gasteiger partial charge in [0.2, 0.25) is 0 Å². The maximum atomic E-state index is 14.8. The highest BCUT2D eigenvalue weighted by Crippen LogP contribution is 2.49. The zero-order valence-electron chi connectivity index (χ0n) is 22.3. The van der Waals surface area contributed by atoms with Crippen LogP contribution in [0.2, 0.25) is 5.02 Å². The van der Waals surface area contributed by atoms with Gasteiger partial charge in [0.25, 0.3) is 5.60 Å². The van der Waals surface area contributed by atoms with E-state index in [4.69, 9.17) is 21.8 Å². The normalized spacial score (nSPS) is 18.1. The largest absolute Gasteiger partial charge is 0.435 e. The maximum Gasteiger partial charge on any atom is 0.435 e. The van der Waals surface area contributed by atoms with Gasteiger partial charge in [0.1, 0.15) is 5.84 Å². The SMILES string of the molecule is N=C1c2ccc(C3=NOC(c4cc(Cl)cc(CNCc5ccccn5)c4)(C(F)(F)F)C3)cc2CN1Cc1ccccn1. The molecular weight excluding hydrogens is 565 g/mol. The minimum absolute atomic E-state index is 0.111. The number of oxime groups is 1. The molecule has 0 aliphatic carbocycles. The van der Waals surface area contributed by atoms with E-state index in [2.05, 4.69) is 20.4 Å². The smallest absolute Gasteiger partial charge is 0.374 e. The Bertz CT molecular complexity index is 1650. The molecule has 0 fully saturated rings. The van der Waals surface area contributed by atoms with Crippen molar-refractivity contribution in [3.8, 4) is 0 Å². The van der Waals surface area contributed by atoms with Crippen LogP contribution >= 0.6 is 11.6 Å². The van der Waals surface area contributed by atoms with Gasteiger partial charge in [-0.15, -0.1) is 0 Å². The number of benzene rings is 2. The van der Waals surface area contributed by atoms with E-state index in [1.54, 1.807) is 36.7 Å². The highest BCUT2D eigenvalue weighted by atomic mass is 35.5. The number of fused-ring (bicyclic) bond motifs is 1. The van der Waals surface area contributed by atoms with Gasteiger partial charge in [-0.05, 0) is 65.2 Å². The van der Waals surface area contributed by atoms with Gasteiger partial charge in [-0.1, -0.05) is 41.0 Å². The van der Waals surface area contributed by atoms with Gasteiger partial charge in [-0.3, -0.25) is 15.4 Å². The topological polar surface area (TPSA) is 86.5 Å². The van der Waals surface area contributed by atoms with Gasteiger partial charge in [0.15, 0.2) is 0 Å². The first-order valence-electron chi connectivity index (χ1n) is 13.3. The van der Waals surface area contributed by atoms with Crippen LogP contribution in [0, 0.1) is 5.41 Å². The zero-order valence-corrected chi connectivity index (χ0v) is 23.1.